The predicted molar refractivity (Wildman–Crippen MR) is 76.2 cm³/mol. The molecule has 0 atom stereocenters. The number of carbonyl (C=O) groups is 1. The Hall–Kier alpha value is -1.90. The Morgan fingerprint density at radius 2 is 2.25 bits per heavy atom. The van der Waals surface area contributed by atoms with Crippen molar-refractivity contribution in [3.05, 3.63) is 29.6 Å². The third kappa shape index (κ3) is 4.05. The van der Waals surface area contributed by atoms with Crippen molar-refractivity contribution in [1.29, 1.82) is 0 Å². The number of hydrogen-bond acceptors (Lipinski definition) is 4. The molecule has 1 aromatic heterocycles. The zero-order valence-electron chi connectivity index (χ0n) is 11.6. The van der Waals surface area contributed by atoms with Gasteiger partial charge in [0.2, 0.25) is 0 Å². The summed E-state index contributed by atoms with van der Waals surface area (Å²) in [5, 5.41) is 11.6. The highest BCUT2D eigenvalue weighted by Crippen LogP contribution is 2.09. The zero-order chi connectivity index (χ0) is 14.4. The molecule has 1 amide bonds. The molecular weight excluding hydrogens is 254 g/mol. The fraction of sp³-hybridized carbons (Fsp3) is 0.467. The number of hydrogen-bond donors (Lipinski definition) is 2. The quantitative estimate of drug-likeness (QED) is 0.758. The van der Waals surface area contributed by atoms with Gasteiger partial charge in [0.05, 0.1) is 0 Å². The van der Waals surface area contributed by atoms with Crippen LogP contribution in [0.3, 0.4) is 0 Å². The van der Waals surface area contributed by atoms with Crippen LogP contribution in [0.2, 0.25) is 0 Å². The minimum Gasteiger partial charge on any atom is -0.384 e. The highest BCUT2D eigenvalue weighted by atomic mass is 16.2. The Kier molecular flexibility index (Phi) is 5.10. The van der Waals surface area contributed by atoms with Crippen LogP contribution in [-0.2, 0) is 0 Å². The lowest BCUT2D eigenvalue weighted by Gasteiger charge is -2.29. The van der Waals surface area contributed by atoms with Crippen LogP contribution in [0.1, 0.15) is 28.9 Å². The van der Waals surface area contributed by atoms with Gasteiger partial charge < -0.3 is 15.3 Å². The summed E-state index contributed by atoms with van der Waals surface area (Å²) in [5.41, 5.74) is 1.09. The molecule has 1 aliphatic heterocycles. The molecule has 1 fully saturated rings. The van der Waals surface area contributed by atoms with Gasteiger partial charge in [0.25, 0.3) is 5.91 Å². The summed E-state index contributed by atoms with van der Waals surface area (Å²) >= 11 is 0. The van der Waals surface area contributed by atoms with E-state index in [1.54, 1.807) is 18.3 Å². The SMILES string of the molecule is CN1CCC(NC(=O)c2ccc(C#CCO)cn2)CC1. The molecule has 1 aliphatic rings. The molecule has 0 bridgehead atoms. The largest absolute Gasteiger partial charge is 0.384 e. The molecule has 2 N–H and O–H groups in total. The van der Waals surface area contributed by atoms with Crippen molar-refractivity contribution in [3.8, 4) is 11.8 Å². The molecule has 5 nitrogen and oxygen atoms in total. The number of pyridine rings is 1. The van der Waals surface area contributed by atoms with Crippen molar-refractivity contribution in [1.82, 2.24) is 15.2 Å². The molecular formula is C15H19N3O2. The van der Waals surface area contributed by atoms with Gasteiger partial charge in [0.15, 0.2) is 0 Å². The van der Waals surface area contributed by atoms with E-state index in [0.717, 1.165) is 25.9 Å². The van der Waals surface area contributed by atoms with Gasteiger partial charge in [-0.05, 0) is 45.1 Å². The number of nitrogens with zero attached hydrogens (tertiary/aromatic N) is 2. The van der Waals surface area contributed by atoms with Crippen molar-refractivity contribution in [2.45, 2.75) is 18.9 Å². The number of aromatic nitrogens is 1. The van der Waals surface area contributed by atoms with Gasteiger partial charge in [0, 0.05) is 17.8 Å². The van der Waals surface area contributed by atoms with E-state index < -0.39 is 0 Å². The van der Waals surface area contributed by atoms with E-state index in [1.807, 2.05) is 0 Å². The first-order valence-corrected chi connectivity index (χ1v) is 6.74. The summed E-state index contributed by atoms with van der Waals surface area (Å²) in [5.74, 6) is 5.15. The van der Waals surface area contributed by atoms with E-state index in [2.05, 4.69) is 34.1 Å². The average Bonchev–Trinajstić information content (AvgIpc) is 2.48. The second-order valence-electron chi connectivity index (χ2n) is 4.94. The Morgan fingerprint density at radius 1 is 1.50 bits per heavy atom. The van der Waals surface area contributed by atoms with Crippen LogP contribution in [0.5, 0.6) is 0 Å². The van der Waals surface area contributed by atoms with E-state index in [-0.39, 0.29) is 18.6 Å². The highest BCUT2D eigenvalue weighted by Gasteiger charge is 2.19. The van der Waals surface area contributed by atoms with Crippen molar-refractivity contribution in [2.75, 3.05) is 26.7 Å². The fourth-order valence-corrected chi connectivity index (χ4v) is 2.16. The van der Waals surface area contributed by atoms with Crippen molar-refractivity contribution < 1.29 is 9.90 Å². The Bertz CT molecular complexity index is 508. The zero-order valence-corrected chi connectivity index (χ0v) is 11.6. The van der Waals surface area contributed by atoms with E-state index in [4.69, 9.17) is 5.11 Å². The Morgan fingerprint density at radius 3 is 2.85 bits per heavy atom. The number of aliphatic hydroxyl groups excluding tert-OH is 1. The summed E-state index contributed by atoms with van der Waals surface area (Å²) in [6.45, 7) is 1.83. The minimum absolute atomic E-state index is 0.138. The number of likely N-dealkylation sites (tertiary alicyclic amines) is 1. The first-order valence-electron chi connectivity index (χ1n) is 6.74. The van der Waals surface area contributed by atoms with Gasteiger partial charge in [-0.1, -0.05) is 11.8 Å². The van der Waals surface area contributed by atoms with Crippen LogP contribution >= 0.6 is 0 Å². The van der Waals surface area contributed by atoms with E-state index >= 15 is 0 Å². The molecule has 0 radical (unpaired) electrons. The molecule has 2 heterocycles. The first-order chi connectivity index (χ1) is 9.69. The predicted octanol–water partition coefficient (Wildman–Crippen LogP) is 0.249. The van der Waals surface area contributed by atoms with Crippen LogP contribution < -0.4 is 5.32 Å². The lowest BCUT2D eigenvalue weighted by atomic mass is 10.1. The number of nitrogens with one attached hydrogen (secondary N) is 1. The molecule has 0 aliphatic carbocycles. The summed E-state index contributed by atoms with van der Waals surface area (Å²) < 4.78 is 0. The van der Waals surface area contributed by atoms with Crippen LogP contribution in [-0.4, -0.2) is 53.7 Å². The monoisotopic (exact) mass is 273 g/mol. The van der Waals surface area contributed by atoms with Gasteiger partial charge in [-0.3, -0.25) is 4.79 Å². The lowest BCUT2D eigenvalue weighted by molar-refractivity contribution is 0.0912. The smallest absolute Gasteiger partial charge is 0.270 e. The molecule has 0 aromatic carbocycles. The van der Waals surface area contributed by atoms with Gasteiger partial charge in [-0.2, -0.15) is 0 Å². The van der Waals surface area contributed by atoms with Gasteiger partial charge in [0.1, 0.15) is 12.3 Å². The molecule has 0 saturated carbocycles. The molecule has 5 heteroatoms. The number of carbonyl (C=O) groups excluding carboxylic acids is 1. The van der Waals surface area contributed by atoms with Crippen LogP contribution in [0.25, 0.3) is 0 Å². The minimum atomic E-state index is -0.182. The van der Waals surface area contributed by atoms with Gasteiger partial charge >= 0.3 is 0 Å². The molecule has 20 heavy (non-hydrogen) atoms. The summed E-state index contributed by atoms with van der Waals surface area (Å²) in [7, 11) is 2.09. The van der Waals surface area contributed by atoms with Crippen LogP contribution in [0.15, 0.2) is 18.3 Å². The fourth-order valence-electron chi connectivity index (χ4n) is 2.16. The summed E-state index contributed by atoms with van der Waals surface area (Å²) in [6.07, 6.45) is 3.50. The maximum absolute atomic E-state index is 12.1. The maximum atomic E-state index is 12.1. The van der Waals surface area contributed by atoms with Crippen LogP contribution in [0.4, 0.5) is 0 Å². The molecule has 106 valence electrons. The number of piperidine rings is 1. The normalized spacial score (nSPS) is 16.3. The standard InChI is InChI=1S/C15H19N3O2/c1-18-8-6-13(7-9-18)17-15(20)14-5-4-12(11-16-14)3-2-10-19/h4-5,11,13,19H,6-10H2,1H3,(H,17,20). The molecule has 1 saturated heterocycles. The number of rotatable bonds is 2. The van der Waals surface area contributed by atoms with E-state index in [0.29, 0.717) is 11.3 Å². The van der Waals surface area contributed by atoms with Crippen molar-refractivity contribution in [2.24, 2.45) is 0 Å². The third-order valence-electron chi connectivity index (χ3n) is 3.36. The lowest BCUT2D eigenvalue weighted by Crippen LogP contribution is -2.43. The number of amides is 1. The highest BCUT2D eigenvalue weighted by molar-refractivity contribution is 5.92. The van der Waals surface area contributed by atoms with Crippen LogP contribution in [0, 0.1) is 11.8 Å². The Labute approximate surface area is 119 Å². The Balaban J connectivity index is 1.92. The second-order valence-corrected chi connectivity index (χ2v) is 4.94. The third-order valence-corrected chi connectivity index (χ3v) is 3.36. The van der Waals surface area contributed by atoms with Gasteiger partial charge in [-0.15, -0.1) is 0 Å². The molecule has 0 spiro atoms. The summed E-state index contributed by atoms with van der Waals surface area (Å²) in [4.78, 5) is 18.4. The van der Waals surface area contributed by atoms with Gasteiger partial charge in [-0.25, -0.2) is 4.98 Å². The van der Waals surface area contributed by atoms with E-state index in [9.17, 15) is 4.79 Å². The number of aliphatic hydroxyl groups is 1. The maximum Gasteiger partial charge on any atom is 0.270 e. The van der Waals surface area contributed by atoms with E-state index in [1.165, 1.54) is 0 Å². The topological polar surface area (TPSA) is 65.5 Å². The average molecular weight is 273 g/mol. The molecule has 0 unspecified atom stereocenters. The molecule has 1 aromatic rings. The van der Waals surface area contributed by atoms with Crippen molar-refractivity contribution >= 4 is 5.91 Å². The second kappa shape index (κ2) is 7.04. The first kappa shape index (κ1) is 14.5. The molecule has 2 rings (SSSR count). The van der Waals surface area contributed by atoms with Crippen molar-refractivity contribution in [3.63, 3.8) is 0 Å². The summed E-state index contributed by atoms with van der Waals surface area (Å²) in [6, 6.07) is 3.62.